The molecule has 2 aromatic rings. The summed E-state index contributed by atoms with van der Waals surface area (Å²) < 4.78 is 16.9. The van der Waals surface area contributed by atoms with Crippen molar-refractivity contribution in [1.29, 1.82) is 0 Å². The van der Waals surface area contributed by atoms with Gasteiger partial charge >= 0.3 is 0 Å². The largest absolute Gasteiger partial charge is 0.493 e. The van der Waals surface area contributed by atoms with Gasteiger partial charge in [-0.3, -0.25) is 4.79 Å². The van der Waals surface area contributed by atoms with E-state index in [0.29, 0.717) is 36.0 Å². The van der Waals surface area contributed by atoms with Crippen molar-refractivity contribution < 1.29 is 19.0 Å². The second-order valence-electron chi connectivity index (χ2n) is 6.42. The lowest BCUT2D eigenvalue weighted by Crippen LogP contribution is -2.00. The molecule has 0 radical (unpaired) electrons. The highest BCUT2D eigenvalue weighted by molar-refractivity contribution is 6.07. The minimum absolute atomic E-state index is 0.0883. The van der Waals surface area contributed by atoms with Gasteiger partial charge < -0.3 is 14.2 Å². The molecule has 4 nitrogen and oxygen atoms in total. The van der Waals surface area contributed by atoms with E-state index < -0.39 is 0 Å². The molecule has 0 saturated heterocycles. The van der Waals surface area contributed by atoms with Crippen molar-refractivity contribution in [1.82, 2.24) is 0 Å². The Hall–Kier alpha value is -3.01. The number of benzene rings is 2. The first-order chi connectivity index (χ1) is 13.5. The maximum Gasteiger partial charge on any atom is 0.185 e. The molecule has 148 valence electrons. The van der Waals surface area contributed by atoms with Crippen LogP contribution >= 0.6 is 0 Å². The molecule has 2 rings (SSSR count). The molecule has 4 heteroatoms. The summed E-state index contributed by atoms with van der Waals surface area (Å²) in [6, 6.07) is 12.7. The van der Waals surface area contributed by atoms with Crippen LogP contribution in [0.2, 0.25) is 0 Å². The smallest absolute Gasteiger partial charge is 0.185 e. The van der Waals surface area contributed by atoms with E-state index in [1.807, 2.05) is 18.2 Å². The van der Waals surface area contributed by atoms with Gasteiger partial charge in [-0.25, -0.2) is 0 Å². The van der Waals surface area contributed by atoms with E-state index in [1.54, 1.807) is 43.3 Å². The minimum Gasteiger partial charge on any atom is -0.493 e. The lowest BCUT2D eigenvalue weighted by molar-refractivity contribution is 0.104. The monoisotopic (exact) mass is 380 g/mol. The van der Waals surface area contributed by atoms with Crippen LogP contribution in [0, 0.1) is 0 Å². The van der Waals surface area contributed by atoms with Gasteiger partial charge in [-0.15, -0.1) is 0 Å². The fourth-order valence-electron chi connectivity index (χ4n) is 2.45. The number of carbonyl (C=O) groups is 1. The molecule has 0 heterocycles. The van der Waals surface area contributed by atoms with E-state index in [1.165, 1.54) is 0 Å². The molecule has 0 aliphatic carbocycles. The van der Waals surface area contributed by atoms with Gasteiger partial charge in [-0.05, 0) is 68.3 Å². The van der Waals surface area contributed by atoms with Gasteiger partial charge in [0.05, 0.1) is 19.0 Å². The van der Waals surface area contributed by atoms with Crippen molar-refractivity contribution in [3.63, 3.8) is 0 Å². The Balaban J connectivity index is 2.14. The Kier molecular flexibility index (Phi) is 8.35. The number of carbonyl (C=O) groups excluding carboxylic acids is 1. The van der Waals surface area contributed by atoms with Crippen LogP contribution in [0.15, 0.2) is 60.9 Å². The molecule has 0 bridgehead atoms. The number of rotatable bonds is 11. The van der Waals surface area contributed by atoms with Gasteiger partial charge in [0.1, 0.15) is 17.2 Å². The third-order valence-corrected chi connectivity index (χ3v) is 3.76. The summed E-state index contributed by atoms with van der Waals surface area (Å²) in [5, 5.41) is 0. The quantitative estimate of drug-likeness (QED) is 0.269. The number of ether oxygens (including phenoxy) is 3. The molecular formula is C24H28O4. The number of allylic oxidation sites excluding steroid dienone is 2. The van der Waals surface area contributed by atoms with Crippen LogP contribution in [-0.4, -0.2) is 19.0 Å². The normalized spacial score (nSPS) is 10.7. The maximum absolute atomic E-state index is 12.5. The summed E-state index contributed by atoms with van der Waals surface area (Å²) in [5.41, 5.74) is 1.43. The predicted molar refractivity (Wildman–Crippen MR) is 113 cm³/mol. The predicted octanol–water partition coefficient (Wildman–Crippen LogP) is 6.07. The van der Waals surface area contributed by atoms with Gasteiger partial charge in [0.25, 0.3) is 0 Å². The van der Waals surface area contributed by atoms with E-state index in [-0.39, 0.29) is 5.78 Å². The number of hydrogen-bond acceptors (Lipinski definition) is 4. The molecule has 0 spiro atoms. The van der Waals surface area contributed by atoms with Crippen LogP contribution < -0.4 is 14.2 Å². The Morgan fingerprint density at radius 3 is 2.25 bits per heavy atom. The Morgan fingerprint density at radius 1 is 0.964 bits per heavy atom. The number of ketones is 1. The van der Waals surface area contributed by atoms with E-state index in [0.717, 1.165) is 24.2 Å². The molecule has 0 aliphatic heterocycles. The van der Waals surface area contributed by atoms with Gasteiger partial charge in [0, 0.05) is 17.2 Å². The molecular weight excluding hydrogens is 352 g/mol. The van der Waals surface area contributed by atoms with Crippen molar-refractivity contribution in [2.24, 2.45) is 0 Å². The zero-order valence-corrected chi connectivity index (χ0v) is 16.9. The molecule has 0 saturated carbocycles. The second-order valence-corrected chi connectivity index (χ2v) is 6.42. The lowest BCUT2D eigenvalue weighted by atomic mass is 10.1. The average Bonchev–Trinajstić information content (AvgIpc) is 2.69. The summed E-state index contributed by atoms with van der Waals surface area (Å²) in [4.78, 5) is 12.5. The highest BCUT2D eigenvalue weighted by Gasteiger charge is 2.07. The average molecular weight is 380 g/mol. The molecule has 0 N–H and O–H groups in total. The second kappa shape index (κ2) is 11.0. The van der Waals surface area contributed by atoms with Gasteiger partial charge in [0.15, 0.2) is 5.78 Å². The first kappa shape index (κ1) is 21.3. The first-order valence-corrected chi connectivity index (χ1v) is 9.59. The SMILES string of the molecule is C=C(C)Oc1ccc(C(=O)C=Cc2ccc(OCCC)cc2OCCC)cc1. The molecule has 0 fully saturated rings. The van der Waals surface area contributed by atoms with Crippen molar-refractivity contribution in [2.45, 2.75) is 33.6 Å². The minimum atomic E-state index is -0.0883. The van der Waals surface area contributed by atoms with Crippen LogP contribution in [0.25, 0.3) is 6.08 Å². The zero-order chi connectivity index (χ0) is 20.4. The van der Waals surface area contributed by atoms with Crippen LogP contribution in [0.4, 0.5) is 0 Å². The van der Waals surface area contributed by atoms with E-state index in [4.69, 9.17) is 14.2 Å². The van der Waals surface area contributed by atoms with E-state index in [9.17, 15) is 4.79 Å². The molecule has 0 atom stereocenters. The fourth-order valence-corrected chi connectivity index (χ4v) is 2.45. The summed E-state index contributed by atoms with van der Waals surface area (Å²) in [5.74, 6) is 2.65. The Morgan fingerprint density at radius 2 is 1.61 bits per heavy atom. The number of hydrogen-bond donors (Lipinski definition) is 0. The zero-order valence-electron chi connectivity index (χ0n) is 16.9. The third kappa shape index (κ3) is 6.62. The highest BCUT2D eigenvalue weighted by atomic mass is 16.5. The van der Waals surface area contributed by atoms with Gasteiger partial charge in [0.2, 0.25) is 0 Å². The molecule has 2 aromatic carbocycles. The van der Waals surface area contributed by atoms with Crippen LogP contribution in [0.1, 0.15) is 49.5 Å². The molecule has 0 unspecified atom stereocenters. The molecule has 0 amide bonds. The first-order valence-electron chi connectivity index (χ1n) is 9.59. The van der Waals surface area contributed by atoms with Crippen LogP contribution in [-0.2, 0) is 0 Å². The Bertz CT molecular complexity index is 819. The summed E-state index contributed by atoms with van der Waals surface area (Å²) >= 11 is 0. The fraction of sp³-hybridized carbons (Fsp3) is 0.292. The van der Waals surface area contributed by atoms with Crippen molar-refractivity contribution in [2.75, 3.05) is 13.2 Å². The highest BCUT2D eigenvalue weighted by Crippen LogP contribution is 2.27. The molecule has 28 heavy (non-hydrogen) atoms. The Labute approximate surface area is 167 Å². The molecule has 0 aliphatic rings. The third-order valence-electron chi connectivity index (χ3n) is 3.76. The summed E-state index contributed by atoms with van der Waals surface area (Å²) in [6.45, 7) is 10.9. The summed E-state index contributed by atoms with van der Waals surface area (Å²) in [7, 11) is 0. The maximum atomic E-state index is 12.5. The van der Waals surface area contributed by atoms with Crippen molar-refractivity contribution in [3.05, 3.63) is 72.0 Å². The van der Waals surface area contributed by atoms with Crippen molar-refractivity contribution in [3.8, 4) is 17.2 Å². The standard InChI is InChI=1S/C24H28O4/c1-5-15-26-22-13-9-20(24(17-22)27-16-6-2)10-14-23(25)19-7-11-21(12-8-19)28-18(3)4/h7-14,17H,3,5-6,15-16H2,1-2,4H3. The van der Waals surface area contributed by atoms with Gasteiger partial charge in [-0.1, -0.05) is 20.4 Å². The van der Waals surface area contributed by atoms with Crippen LogP contribution in [0.3, 0.4) is 0 Å². The molecule has 0 aromatic heterocycles. The topological polar surface area (TPSA) is 44.8 Å². The lowest BCUT2D eigenvalue weighted by Gasteiger charge is -2.11. The van der Waals surface area contributed by atoms with E-state index >= 15 is 0 Å². The van der Waals surface area contributed by atoms with Gasteiger partial charge in [-0.2, -0.15) is 0 Å². The van der Waals surface area contributed by atoms with Crippen LogP contribution in [0.5, 0.6) is 17.2 Å². The van der Waals surface area contributed by atoms with Crippen molar-refractivity contribution >= 4 is 11.9 Å². The van der Waals surface area contributed by atoms with E-state index in [2.05, 4.69) is 20.4 Å². The summed E-state index contributed by atoms with van der Waals surface area (Å²) in [6.07, 6.45) is 5.17.